The first-order valence-corrected chi connectivity index (χ1v) is 11.6. The second kappa shape index (κ2) is 10.3. The summed E-state index contributed by atoms with van der Waals surface area (Å²) in [5.74, 6) is -0.118. The van der Waals surface area contributed by atoms with Crippen LogP contribution in [0.15, 0.2) is 22.2 Å². The van der Waals surface area contributed by atoms with Gasteiger partial charge in [-0.15, -0.1) is 0 Å². The Kier molecular flexibility index (Phi) is 7.03. The molecule has 0 radical (unpaired) electrons. The number of hydrogen-bond donors (Lipinski definition) is 9. The summed E-state index contributed by atoms with van der Waals surface area (Å²) < 4.78 is 13.7. The number of aromatic amines is 2. The standard InChI is InChI=1S/C10H13N5O5.C10H13N5O4/c11-10-13-7-4(8(19)14-10)12-2-15(7)9-6(18)5(17)3(1-16)20-9;11-10-13-8-7(9(18)14-10)12-3-15(8)6-1-4(17)5(2-16)19-6/h2-3,5-6,9,16-18H,1H2,(H3,11,13,14,19);3-6,16-17H,1-2H2,(H3,11,13,14,18)/t3-,5-,6-,9-;4-,5+,6+/m10/s1. The lowest BCUT2D eigenvalue weighted by Gasteiger charge is -2.16. The van der Waals surface area contributed by atoms with Crippen LogP contribution in [0.25, 0.3) is 22.3 Å². The minimum Gasteiger partial charge on any atom is -0.394 e. The van der Waals surface area contributed by atoms with Crippen LogP contribution in [0.1, 0.15) is 18.9 Å². The van der Waals surface area contributed by atoms with Gasteiger partial charge in [0.1, 0.15) is 30.6 Å². The molecule has 0 saturated carbocycles. The van der Waals surface area contributed by atoms with Crippen molar-refractivity contribution in [3.8, 4) is 0 Å². The molecule has 39 heavy (non-hydrogen) atoms. The topological polar surface area (TPSA) is 299 Å². The van der Waals surface area contributed by atoms with E-state index in [1.165, 1.54) is 21.8 Å². The van der Waals surface area contributed by atoms with Gasteiger partial charge < -0.3 is 46.5 Å². The number of H-pyrrole nitrogens is 2. The first-order chi connectivity index (χ1) is 18.6. The van der Waals surface area contributed by atoms with Crippen LogP contribution in [0.5, 0.6) is 0 Å². The van der Waals surface area contributed by atoms with Crippen LogP contribution in [-0.2, 0) is 9.47 Å². The summed E-state index contributed by atoms with van der Waals surface area (Å²) in [5.41, 5.74) is 10.6. The predicted octanol–water partition coefficient (Wildman–Crippen LogP) is -4.34. The predicted molar refractivity (Wildman–Crippen MR) is 130 cm³/mol. The van der Waals surface area contributed by atoms with E-state index in [2.05, 4.69) is 29.9 Å². The highest BCUT2D eigenvalue weighted by Gasteiger charge is 2.44. The van der Waals surface area contributed by atoms with Gasteiger partial charge >= 0.3 is 0 Å². The van der Waals surface area contributed by atoms with Gasteiger partial charge in [0.2, 0.25) is 11.9 Å². The Balaban J connectivity index is 0.000000158. The average Bonchev–Trinajstić information content (AvgIpc) is 3.65. The zero-order chi connectivity index (χ0) is 28.0. The molecule has 2 saturated heterocycles. The third kappa shape index (κ3) is 4.71. The number of fused-ring (bicyclic) bond motifs is 2. The summed E-state index contributed by atoms with van der Waals surface area (Å²) in [6.45, 7) is -0.724. The van der Waals surface area contributed by atoms with Crippen molar-refractivity contribution in [1.29, 1.82) is 0 Å². The molecule has 2 aliphatic rings. The largest absolute Gasteiger partial charge is 0.394 e. The van der Waals surface area contributed by atoms with E-state index in [4.69, 9.17) is 31.2 Å². The van der Waals surface area contributed by atoms with Gasteiger partial charge in [-0.2, -0.15) is 9.97 Å². The van der Waals surface area contributed by atoms with Crippen molar-refractivity contribution >= 4 is 34.2 Å². The molecular weight excluding hydrogens is 524 g/mol. The number of hydrogen-bond acceptors (Lipinski definition) is 15. The van der Waals surface area contributed by atoms with E-state index in [0.29, 0.717) is 0 Å². The Labute approximate surface area is 216 Å². The molecule has 0 unspecified atom stereocenters. The highest BCUT2D eigenvalue weighted by Crippen LogP contribution is 2.31. The van der Waals surface area contributed by atoms with E-state index in [9.17, 15) is 24.9 Å². The minimum atomic E-state index is -1.29. The van der Waals surface area contributed by atoms with E-state index >= 15 is 0 Å². The molecule has 6 heterocycles. The highest BCUT2D eigenvalue weighted by molar-refractivity contribution is 5.71. The summed E-state index contributed by atoms with van der Waals surface area (Å²) in [4.78, 5) is 43.7. The van der Waals surface area contributed by atoms with Gasteiger partial charge in [-0.25, -0.2) is 9.97 Å². The smallest absolute Gasteiger partial charge is 0.280 e. The number of imidazole rings is 2. The number of aromatic nitrogens is 8. The molecule has 0 bridgehead atoms. The molecule has 11 N–H and O–H groups in total. The van der Waals surface area contributed by atoms with Crippen LogP contribution in [0, 0.1) is 0 Å². The fourth-order valence-electron chi connectivity index (χ4n) is 4.44. The van der Waals surface area contributed by atoms with Gasteiger partial charge in [0, 0.05) is 6.42 Å². The Hall–Kier alpha value is -3.98. The minimum absolute atomic E-state index is 0.0171. The van der Waals surface area contributed by atoms with Crippen molar-refractivity contribution in [2.24, 2.45) is 0 Å². The average molecular weight is 550 g/mol. The van der Waals surface area contributed by atoms with Gasteiger partial charge in [0.15, 0.2) is 28.6 Å². The Morgan fingerprint density at radius 3 is 1.90 bits per heavy atom. The Morgan fingerprint density at radius 2 is 1.38 bits per heavy atom. The molecule has 210 valence electrons. The van der Waals surface area contributed by atoms with Crippen molar-refractivity contribution in [1.82, 2.24) is 39.0 Å². The van der Waals surface area contributed by atoms with Crippen molar-refractivity contribution in [3.63, 3.8) is 0 Å². The Bertz CT molecular complexity index is 1600. The van der Waals surface area contributed by atoms with Gasteiger partial charge in [0.05, 0.1) is 32.0 Å². The lowest BCUT2D eigenvalue weighted by Crippen LogP contribution is -2.33. The van der Waals surface area contributed by atoms with Gasteiger partial charge in [-0.1, -0.05) is 0 Å². The number of anilines is 2. The molecule has 4 aromatic rings. The molecule has 0 aromatic carbocycles. The lowest BCUT2D eigenvalue weighted by molar-refractivity contribution is -0.0511. The number of aliphatic hydroxyl groups is 5. The van der Waals surface area contributed by atoms with Gasteiger partial charge in [-0.3, -0.25) is 28.7 Å². The second-order valence-electron chi connectivity index (χ2n) is 8.89. The monoisotopic (exact) mass is 550 g/mol. The molecule has 19 heteroatoms. The molecule has 6 rings (SSSR count). The lowest BCUT2D eigenvalue weighted by atomic mass is 10.1. The first-order valence-electron chi connectivity index (χ1n) is 11.6. The number of nitrogen functional groups attached to an aromatic ring is 2. The fraction of sp³-hybridized carbons (Fsp3) is 0.500. The molecule has 19 nitrogen and oxygen atoms in total. The SMILES string of the molecule is Nc1nc2c(ncn2[C@@H]2O[C@H](CO)[C@@H](O)[C@H]2O)c(=O)[nH]1.Nc1nc2c(ncn2[C@H]2C[C@H](O)[C@@H](CO)O2)c(=O)[nH]1. The van der Waals surface area contributed by atoms with Crippen LogP contribution in [-0.4, -0.2) is 108 Å². The zero-order valence-electron chi connectivity index (χ0n) is 20.0. The number of nitrogens with two attached hydrogens (primary N) is 2. The van der Waals surface area contributed by atoms with E-state index in [1.54, 1.807) is 0 Å². The van der Waals surface area contributed by atoms with E-state index in [1.807, 2.05) is 0 Å². The van der Waals surface area contributed by atoms with Crippen LogP contribution < -0.4 is 22.6 Å². The summed E-state index contributed by atoms with van der Waals surface area (Å²) >= 11 is 0. The third-order valence-electron chi connectivity index (χ3n) is 6.39. The molecular formula is C20H26N10O9. The molecule has 7 atom stereocenters. The first kappa shape index (κ1) is 26.6. The summed E-state index contributed by atoms with van der Waals surface area (Å²) in [6, 6.07) is 0. The molecule has 4 aromatic heterocycles. The summed E-state index contributed by atoms with van der Waals surface area (Å²) in [5, 5.41) is 47.5. The fourth-order valence-corrected chi connectivity index (χ4v) is 4.44. The summed E-state index contributed by atoms with van der Waals surface area (Å²) in [6.07, 6.45) is -3.48. The van der Waals surface area contributed by atoms with Gasteiger partial charge in [0.25, 0.3) is 11.1 Å². The molecule has 2 aliphatic heterocycles. The van der Waals surface area contributed by atoms with Crippen molar-refractivity contribution in [2.75, 3.05) is 24.7 Å². The van der Waals surface area contributed by atoms with Crippen molar-refractivity contribution < 1.29 is 35.0 Å². The highest BCUT2D eigenvalue weighted by atomic mass is 16.6. The van der Waals surface area contributed by atoms with Crippen molar-refractivity contribution in [3.05, 3.63) is 33.4 Å². The number of rotatable bonds is 4. The Morgan fingerprint density at radius 1 is 0.846 bits per heavy atom. The maximum atomic E-state index is 11.7. The third-order valence-corrected chi connectivity index (χ3v) is 6.39. The van der Waals surface area contributed by atoms with Gasteiger partial charge in [-0.05, 0) is 0 Å². The normalized spacial score (nSPS) is 28.7. The number of nitrogens with one attached hydrogen (secondary N) is 2. The summed E-state index contributed by atoms with van der Waals surface area (Å²) in [7, 11) is 0. The van der Waals surface area contributed by atoms with E-state index < -0.39 is 60.7 Å². The maximum Gasteiger partial charge on any atom is 0.280 e. The molecule has 2 fully saturated rings. The van der Waals surface area contributed by atoms with Crippen LogP contribution in [0.4, 0.5) is 11.9 Å². The van der Waals surface area contributed by atoms with E-state index in [0.717, 1.165) is 0 Å². The van der Waals surface area contributed by atoms with E-state index in [-0.39, 0.29) is 47.3 Å². The second-order valence-corrected chi connectivity index (χ2v) is 8.89. The van der Waals surface area contributed by atoms with Crippen LogP contribution in [0.2, 0.25) is 0 Å². The van der Waals surface area contributed by atoms with Crippen molar-refractivity contribution in [2.45, 2.75) is 49.4 Å². The zero-order valence-corrected chi connectivity index (χ0v) is 20.0. The number of aliphatic hydroxyl groups excluding tert-OH is 5. The molecule has 0 aliphatic carbocycles. The number of ether oxygens (including phenoxy) is 2. The maximum absolute atomic E-state index is 11.7. The quantitative estimate of drug-likeness (QED) is 0.116. The number of nitrogens with zero attached hydrogens (tertiary/aromatic N) is 6. The van der Waals surface area contributed by atoms with Crippen LogP contribution in [0.3, 0.4) is 0 Å². The van der Waals surface area contributed by atoms with Crippen LogP contribution >= 0.6 is 0 Å². The molecule has 0 spiro atoms. The molecule has 0 amide bonds.